The third kappa shape index (κ3) is 3.26. The summed E-state index contributed by atoms with van der Waals surface area (Å²) in [5.74, 6) is 2.24. The Bertz CT molecular complexity index is 370. The molecular weight excluding hydrogens is 193 g/mol. The Morgan fingerprint density at radius 3 is 3.00 bits per heavy atom. The van der Waals surface area contributed by atoms with Gasteiger partial charge in [-0.15, -0.1) is 12.3 Å². The fraction of sp³-hybridized carbons (Fsp3) is 0.333. The lowest BCUT2D eigenvalue weighted by Gasteiger charge is -2.14. The smallest absolute Gasteiger partial charge is 0.123 e. The van der Waals surface area contributed by atoms with E-state index in [1.54, 1.807) is 0 Å². The summed E-state index contributed by atoms with van der Waals surface area (Å²) in [6.45, 7) is 2.50. The van der Waals surface area contributed by atoms with Crippen molar-refractivity contribution < 1.29 is 9.50 Å². The number of hydrogen-bond donors (Lipinski definition) is 2. The molecule has 1 unspecified atom stereocenters. The molecule has 15 heavy (non-hydrogen) atoms. The van der Waals surface area contributed by atoms with Gasteiger partial charge in [-0.1, -0.05) is 0 Å². The molecule has 0 aliphatic heterocycles. The minimum atomic E-state index is -0.353. The van der Waals surface area contributed by atoms with Crippen LogP contribution in [0.3, 0.4) is 0 Å². The largest absolute Gasteiger partial charge is 0.508 e. The normalized spacial score (nSPS) is 12.1. The maximum absolute atomic E-state index is 12.9. The molecule has 80 valence electrons. The molecule has 0 heterocycles. The van der Waals surface area contributed by atoms with Crippen molar-refractivity contribution in [3.05, 3.63) is 29.6 Å². The summed E-state index contributed by atoms with van der Waals surface area (Å²) in [5, 5.41) is 12.6. The monoisotopic (exact) mass is 207 g/mol. The van der Waals surface area contributed by atoms with E-state index in [0.29, 0.717) is 18.5 Å². The van der Waals surface area contributed by atoms with Crippen LogP contribution < -0.4 is 5.32 Å². The van der Waals surface area contributed by atoms with E-state index in [4.69, 9.17) is 6.42 Å². The van der Waals surface area contributed by atoms with Gasteiger partial charge in [0, 0.05) is 24.6 Å². The summed E-state index contributed by atoms with van der Waals surface area (Å²) in [6, 6.07) is 3.79. The van der Waals surface area contributed by atoms with E-state index in [0.717, 1.165) is 0 Å². The van der Waals surface area contributed by atoms with Gasteiger partial charge in [-0.3, -0.25) is 0 Å². The van der Waals surface area contributed by atoms with Gasteiger partial charge in [0.1, 0.15) is 11.6 Å². The minimum Gasteiger partial charge on any atom is -0.508 e. The van der Waals surface area contributed by atoms with Crippen molar-refractivity contribution in [3.63, 3.8) is 0 Å². The summed E-state index contributed by atoms with van der Waals surface area (Å²) < 4.78 is 12.9. The van der Waals surface area contributed by atoms with Crippen LogP contribution in [0.5, 0.6) is 5.75 Å². The summed E-state index contributed by atoms with van der Waals surface area (Å²) in [4.78, 5) is 0. The first-order valence-corrected chi connectivity index (χ1v) is 4.80. The molecule has 2 nitrogen and oxygen atoms in total. The molecule has 3 heteroatoms. The number of nitrogens with one attached hydrogen (secondary N) is 1. The van der Waals surface area contributed by atoms with Crippen molar-refractivity contribution in [2.75, 3.05) is 6.54 Å². The fourth-order valence-electron chi connectivity index (χ4n) is 1.34. The highest BCUT2D eigenvalue weighted by atomic mass is 19.1. The Labute approximate surface area is 89.1 Å². The number of terminal acetylenes is 1. The van der Waals surface area contributed by atoms with Crippen molar-refractivity contribution >= 4 is 0 Å². The summed E-state index contributed by atoms with van der Waals surface area (Å²) in [5.41, 5.74) is 0.548. The van der Waals surface area contributed by atoms with Crippen LogP contribution in [-0.4, -0.2) is 11.7 Å². The molecule has 0 saturated carbocycles. The molecule has 0 radical (unpaired) electrons. The molecule has 0 aromatic heterocycles. The molecule has 0 aliphatic rings. The maximum Gasteiger partial charge on any atom is 0.123 e. The Morgan fingerprint density at radius 2 is 2.33 bits per heavy atom. The van der Waals surface area contributed by atoms with E-state index in [2.05, 4.69) is 11.2 Å². The number of phenolic OH excluding ortho intramolecular Hbond substituents is 1. The number of phenols is 1. The van der Waals surface area contributed by atoms with Crippen molar-refractivity contribution in [2.24, 2.45) is 0 Å². The van der Waals surface area contributed by atoms with E-state index in [-0.39, 0.29) is 17.6 Å². The van der Waals surface area contributed by atoms with Gasteiger partial charge in [-0.05, 0) is 25.1 Å². The molecule has 0 saturated heterocycles. The number of halogens is 1. The van der Waals surface area contributed by atoms with Gasteiger partial charge in [0.15, 0.2) is 0 Å². The second-order valence-electron chi connectivity index (χ2n) is 3.33. The third-order valence-electron chi connectivity index (χ3n) is 2.18. The quantitative estimate of drug-likeness (QED) is 0.586. The highest BCUT2D eigenvalue weighted by Gasteiger charge is 2.10. The Balaban J connectivity index is 2.69. The van der Waals surface area contributed by atoms with Crippen LogP contribution in [0.2, 0.25) is 0 Å². The molecule has 1 rings (SSSR count). The molecule has 0 fully saturated rings. The van der Waals surface area contributed by atoms with Crippen LogP contribution in [0, 0.1) is 18.2 Å². The SMILES string of the molecule is C#CCCNC(C)c1cc(F)ccc1O. The zero-order chi connectivity index (χ0) is 11.3. The zero-order valence-electron chi connectivity index (χ0n) is 8.63. The summed E-state index contributed by atoms with van der Waals surface area (Å²) in [7, 11) is 0. The maximum atomic E-state index is 12.9. The lowest BCUT2D eigenvalue weighted by molar-refractivity contribution is 0.450. The molecule has 0 aliphatic carbocycles. The van der Waals surface area contributed by atoms with Crippen molar-refractivity contribution in [3.8, 4) is 18.1 Å². The second-order valence-corrected chi connectivity index (χ2v) is 3.33. The van der Waals surface area contributed by atoms with Gasteiger partial charge < -0.3 is 10.4 Å². The van der Waals surface area contributed by atoms with Gasteiger partial charge >= 0.3 is 0 Å². The van der Waals surface area contributed by atoms with Crippen molar-refractivity contribution in [1.82, 2.24) is 5.32 Å². The first-order valence-electron chi connectivity index (χ1n) is 4.80. The van der Waals surface area contributed by atoms with Crippen LogP contribution in [0.1, 0.15) is 24.9 Å². The van der Waals surface area contributed by atoms with Crippen LogP contribution in [0.25, 0.3) is 0 Å². The lowest BCUT2D eigenvalue weighted by Crippen LogP contribution is -2.19. The van der Waals surface area contributed by atoms with Crippen molar-refractivity contribution in [2.45, 2.75) is 19.4 Å². The number of hydrogen-bond acceptors (Lipinski definition) is 2. The van der Waals surface area contributed by atoms with Crippen LogP contribution in [-0.2, 0) is 0 Å². The molecule has 1 aromatic carbocycles. The standard InChI is InChI=1S/C12H14FNO/c1-3-4-7-14-9(2)11-8-10(13)5-6-12(11)15/h1,5-6,8-9,14-15H,4,7H2,2H3. The zero-order valence-corrected chi connectivity index (χ0v) is 8.63. The third-order valence-corrected chi connectivity index (χ3v) is 2.18. The average molecular weight is 207 g/mol. The van der Waals surface area contributed by atoms with Gasteiger partial charge in [-0.25, -0.2) is 4.39 Å². The van der Waals surface area contributed by atoms with Crippen LogP contribution in [0.4, 0.5) is 4.39 Å². The fourth-order valence-corrected chi connectivity index (χ4v) is 1.34. The highest BCUT2D eigenvalue weighted by molar-refractivity contribution is 5.34. The summed E-state index contributed by atoms with van der Waals surface area (Å²) >= 11 is 0. The topological polar surface area (TPSA) is 32.3 Å². The van der Waals surface area contributed by atoms with Gasteiger partial charge in [0.2, 0.25) is 0 Å². The highest BCUT2D eigenvalue weighted by Crippen LogP contribution is 2.24. The number of aromatic hydroxyl groups is 1. The Kier molecular flexibility index (Phi) is 4.14. The molecular formula is C12H14FNO. The van der Waals surface area contributed by atoms with Gasteiger partial charge in [-0.2, -0.15) is 0 Å². The van der Waals surface area contributed by atoms with E-state index < -0.39 is 0 Å². The van der Waals surface area contributed by atoms with E-state index >= 15 is 0 Å². The lowest BCUT2D eigenvalue weighted by atomic mass is 10.1. The number of rotatable bonds is 4. The van der Waals surface area contributed by atoms with Crippen LogP contribution >= 0.6 is 0 Å². The van der Waals surface area contributed by atoms with Crippen LogP contribution in [0.15, 0.2) is 18.2 Å². The Hall–Kier alpha value is -1.53. The summed E-state index contributed by atoms with van der Waals surface area (Å²) in [6.07, 6.45) is 5.72. The molecule has 0 bridgehead atoms. The minimum absolute atomic E-state index is 0.0945. The molecule has 0 amide bonds. The van der Waals surface area contributed by atoms with E-state index in [1.807, 2.05) is 6.92 Å². The Morgan fingerprint density at radius 1 is 1.60 bits per heavy atom. The molecule has 1 atom stereocenters. The predicted octanol–water partition coefficient (Wildman–Crippen LogP) is 2.21. The average Bonchev–Trinajstić information content (AvgIpc) is 2.22. The number of benzene rings is 1. The van der Waals surface area contributed by atoms with E-state index in [1.165, 1.54) is 18.2 Å². The molecule has 1 aromatic rings. The second kappa shape index (κ2) is 5.38. The molecule has 0 spiro atoms. The predicted molar refractivity (Wildman–Crippen MR) is 57.9 cm³/mol. The first-order chi connectivity index (χ1) is 7.15. The molecule has 2 N–H and O–H groups in total. The van der Waals surface area contributed by atoms with Crippen molar-refractivity contribution in [1.29, 1.82) is 0 Å². The first kappa shape index (κ1) is 11.5. The van der Waals surface area contributed by atoms with Gasteiger partial charge in [0.25, 0.3) is 0 Å². The van der Waals surface area contributed by atoms with E-state index in [9.17, 15) is 9.50 Å². The van der Waals surface area contributed by atoms with Gasteiger partial charge in [0.05, 0.1) is 0 Å².